The lowest BCUT2D eigenvalue weighted by Crippen LogP contribution is -1.93. The predicted octanol–water partition coefficient (Wildman–Crippen LogP) is 3.06. The van der Waals surface area contributed by atoms with Crippen LogP contribution >= 0.6 is 0 Å². The minimum Gasteiger partial charge on any atom is -0.495 e. The quantitative estimate of drug-likeness (QED) is 0.712. The monoisotopic (exact) mass is 241 g/mol. The first kappa shape index (κ1) is 9.65. The summed E-state index contributed by atoms with van der Waals surface area (Å²) in [5.41, 5.74) is 1.95. The number of benzene rings is 2. The van der Waals surface area contributed by atoms with Crippen LogP contribution in [0.4, 0.5) is 0 Å². The molecular weight excluding hydrogens is 230 g/mol. The highest BCUT2D eigenvalue weighted by atomic mass is 16.7. The van der Waals surface area contributed by atoms with Gasteiger partial charge >= 0.3 is 0 Å². The van der Waals surface area contributed by atoms with Gasteiger partial charge < -0.3 is 19.2 Å². The van der Waals surface area contributed by atoms with Crippen molar-refractivity contribution in [2.75, 3.05) is 13.9 Å². The number of rotatable bonds is 1. The number of nitrogens with one attached hydrogen (secondary N) is 1. The Morgan fingerprint density at radius 2 is 1.94 bits per heavy atom. The van der Waals surface area contributed by atoms with Gasteiger partial charge in [0.15, 0.2) is 11.5 Å². The third-order valence-corrected chi connectivity index (χ3v) is 3.33. The molecule has 1 aliphatic heterocycles. The molecule has 0 amide bonds. The van der Waals surface area contributed by atoms with Crippen molar-refractivity contribution in [3.05, 3.63) is 30.3 Å². The highest BCUT2D eigenvalue weighted by molar-refractivity contribution is 6.11. The van der Waals surface area contributed by atoms with Gasteiger partial charge in [-0.2, -0.15) is 0 Å². The number of H-pyrrole nitrogens is 1. The minimum atomic E-state index is 0.279. The summed E-state index contributed by atoms with van der Waals surface area (Å²) < 4.78 is 16.3. The van der Waals surface area contributed by atoms with Crippen molar-refractivity contribution in [2.45, 2.75) is 0 Å². The molecule has 4 heteroatoms. The fourth-order valence-corrected chi connectivity index (χ4v) is 2.50. The Hall–Kier alpha value is -2.36. The van der Waals surface area contributed by atoms with Crippen LogP contribution in [0.2, 0.25) is 0 Å². The molecule has 4 nitrogen and oxygen atoms in total. The maximum absolute atomic E-state index is 5.52. The molecule has 2 aromatic carbocycles. The van der Waals surface area contributed by atoms with Gasteiger partial charge in [-0.1, -0.05) is 12.1 Å². The highest BCUT2D eigenvalue weighted by Crippen LogP contribution is 2.42. The Morgan fingerprint density at radius 1 is 1.06 bits per heavy atom. The van der Waals surface area contributed by atoms with Gasteiger partial charge in [0.05, 0.1) is 18.1 Å². The minimum absolute atomic E-state index is 0.279. The van der Waals surface area contributed by atoms with E-state index in [9.17, 15) is 0 Å². The first-order valence-corrected chi connectivity index (χ1v) is 5.75. The lowest BCUT2D eigenvalue weighted by Gasteiger charge is -1.99. The maximum Gasteiger partial charge on any atom is 0.231 e. The summed E-state index contributed by atoms with van der Waals surface area (Å²) in [6, 6.07) is 9.98. The molecule has 0 spiro atoms. The van der Waals surface area contributed by atoms with E-state index in [1.165, 1.54) is 0 Å². The molecule has 0 unspecified atom stereocenters. The van der Waals surface area contributed by atoms with Gasteiger partial charge in [-0.25, -0.2) is 0 Å². The van der Waals surface area contributed by atoms with Crippen LogP contribution < -0.4 is 14.2 Å². The van der Waals surface area contributed by atoms with E-state index in [1.54, 1.807) is 7.11 Å². The second kappa shape index (κ2) is 3.32. The van der Waals surface area contributed by atoms with Gasteiger partial charge in [-0.3, -0.25) is 0 Å². The molecule has 4 rings (SSSR count). The number of fused-ring (bicyclic) bond motifs is 5. The van der Waals surface area contributed by atoms with E-state index in [1.807, 2.05) is 24.3 Å². The summed E-state index contributed by atoms with van der Waals surface area (Å²) in [7, 11) is 1.67. The van der Waals surface area contributed by atoms with E-state index >= 15 is 0 Å². The molecule has 0 saturated heterocycles. The summed E-state index contributed by atoms with van der Waals surface area (Å²) >= 11 is 0. The van der Waals surface area contributed by atoms with Gasteiger partial charge in [0.2, 0.25) is 6.79 Å². The van der Waals surface area contributed by atoms with Crippen LogP contribution in [-0.2, 0) is 0 Å². The fourth-order valence-electron chi connectivity index (χ4n) is 2.50. The topological polar surface area (TPSA) is 43.5 Å². The lowest BCUT2D eigenvalue weighted by atomic mass is 10.1. The lowest BCUT2D eigenvalue weighted by molar-refractivity contribution is 0.174. The predicted molar refractivity (Wildman–Crippen MR) is 68.5 cm³/mol. The smallest absolute Gasteiger partial charge is 0.231 e. The maximum atomic E-state index is 5.52. The van der Waals surface area contributed by atoms with Gasteiger partial charge in [0, 0.05) is 10.8 Å². The molecule has 0 aliphatic carbocycles. The van der Waals surface area contributed by atoms with E-state index in [0.717, 1.165) is 39.1 Å². The molecule has 0 saturated carbocycles. The van der Waals surface area contributed by atoms with Crippen LogP contribution in [0.5, 0.6) is 17.2 Å². The standard InChI is InChI=1S/C14H11NO3/c1-16-10-4-2-3-8-9-5-6-11-14(18-7-17-11)13(9)15-12(8)10/h2-6,15H,7H2,1H3. The van der Waals surface area contributed by atoms with E-state index < -0.39 is 0 Å². The van der Waals surface area contributed by atoms with Crippen molar-refractivity contribution in [1.82, 2.24) is 4.98 Å². The van der Waals surface area contributed by atoms with Crippen LogP contribution in [0.15, 0.2) is 30.3 Å². The molecule has 1 aliphatic rings. The molecule has 18 heavy (non-hydrogen) atoms. The Labute approximate surface area is 103 Å². The first-order valence-electron chi connectivity index (χ1n) is 5.75. The summed E-state index contributed by atoms with van der Waals surface area (Å²) in [5.74, 6) is 2.40. The molecule has 0 bridgehead atoms. The van der Waals surface area contributed by atoms with Crippen LogP contribution in [-0.4, -0.2) is 18.9 Å². The number of methoxy groups -OCH3 is 1. The fraction of sp³-hybridized carbons (Fsp3) is 0.143. The average molecular weight is 241 g/mol. The van der Waals surface area contributed by atoms with E-state index in [4.69, 9.17) is 14.2 Å². The highest BCUT2D eigenvalue weighted by Gasteiger charge is 2.20. The largest absolute Gasteiger partial charge is 0.495 e. The summed E-state index contributed by atoms with van der Waals surface area (Å²) in [6.45, 7) is 0.279. The van der Waals surface area contributed by atoms with Crippen molar-refractivity contribution in [3.63, 3.8) is 0 Å². The molecule has 0 atom stereocenters. The SMILES string of the molecule is COc1cccc2c1[nH]c1c3c(ccc12)OCO3. The van der Waals surface area contributed by atoms with Gasteiger partial charge in [0.1, 0.15) is 5.75 Å². The average Bonchev–Trinajstić information content (AvgIpc) is 3.01. The van der Waals surface area contributed by atoms with Gasteiger partial charge in [0.25, 0.3) is 0 Å². The number of aromatic nitrogens is 1. The molecule has 2 heterocycles. The summed E-state index contributed by atoms with van der Waals surface area (Å²) in [5, 5.41) is 2.25. The van der Waals surface area contributed by atoms with Crippen molar-refractivity contribution < 1.29 is 14.2 Å². The van der Waals surface area contributed by atoms with Crippen molar-refractivity contribution in [1.29, 1.82) is 0 Å². The van der Waals surface area contributed by atoms with E-state index in [-0.39, 0.29) is 6.79 Å². The molecule has 0 fully saturated rings. The number of aromatic amines is 1. The van der Waals surface area contributed by atoms with Gasteiger partial charge in [-0.05, 0) is 18.2 Å². The Morgan fingerprint density at radius 3 is 2.83 bits per heavy atom. The zero-order chi connectivity index (χ0) is 12.1. The molecule has 1 N–H and O–H groups in total. The van der Waals surface area contributed by atoms with Crippen LogP contribution in [0, 0.1) is 0 Å². The Bertz CT molecular complexity index is 760. The van der Waals surface area contributed by atoms with E-state index in [0.29, 0.717) is 0 Å². The zero-order valence-corrected chi connectivity index (χ0v) is 9.82. The normalized spacial score (nSPS) is 13.4. The Balaban J connectivity index is 2.18. The molecular formula is C14H11NO3. The number of ether oxygens (including phenoxy) is 3. The number of para-hydroxylation sites is 1. The second-order valence-corrected chi connectivity index (χ2v) is 4.23. The molecule has 90 valence electrons. The van der Waals surface area contributed by atoms with Crippen LogP contribution in [0.3, 0.4) is 0 Å². The molecule has 0 radical (unpaired) electrons. The third-order valence-electron chi connectivity index (χ3n) is 3.33. The Kier molecular flexibility index (Phi) is 1.78. The molecule has 3 aromatic rings. The third kappa shape index (κ3) is 1.09. The zero-order valence-electron chi connectivity index (χ0n) is 9.82. The van der Waals surface area contributed by atoms with E-state index in [2.05, 4.69) is 11.1 Å². The van der Waals surface area contributed by atoms with Crippen molar-refractivity contribution >= 4 is 21.8 Å². The summed E-state index contributed by atoms with van der Waals surface area (Å²) in [4.78, 5) is 3.37. The number of hydrogen-bond donors (Lipinski definition) is 1. The van der Waals surface area contributed by atoms with Crippen molar-refractivity contribution in [2.24, 2.45) is 0 Å². The molecule has 1 aromatic heterocycles. The second-order valence-electron chi connectivity index (χ2n) is 4.23. The van der Waals surface area contributed by atoms with Crippen LogP contribution in [0.1, 0.15) is 0 Å². The van der Waals surface area contributed by atoms with Crippen LogP contribution in [0.25, 0.3) is 21.8 Å². The van der Waals surface area contributed by atoms with Crippen molar-refractivity contribution in [3.8, 4) is 17.2 Å². The summed E-state index contributed by atoms with van der Waals surface area (Å²) in [6.07, 6.45) is 0. The first-order chi connectivity index (χ1) is 8.88. The van der Waals surface area contributed by atoms with Gasteiger partial charge in [-0.15, -0.1) is 0 Å². The number of hydrogen-bond acceptors (Lipinski definition) is 3.